The topological polar surface area (TPSA) is 66.5 Å². The first-order valence-electron chi connectivity index (χ1n) is 6.02. The maximum Gasteiger partial charge on any atom is 0.374 e. The van der Waals surface area contributed by atoms with Crippen molar-refractivity contribution in [1.82, 2.24) is 9.62 Å². The van der Waals surface area contributed by atoms with Gasteiger partial charge in [0.1, 0.15) is 0 Å². The van der Waals surface area contributed by atoms with Gasteiger partial charge in [0.05, 0.1) is 0 Å². The zero-order valence-corrected chi connectivity index (χ0v) is 11.1. The second kappa shape index (κ2) is 5.66. The molecule has 5 nitrogen and oxygen atoms in total. The van der Waals surface area contributed by atoms with E-state index in [1.807, 2.05) is 6.07 Å². The molecule has 0 saturated carbocycles. The molecule has 7 heteroatoms. The van der Waals surface area contributed by atoms with Gasteiger partial charge in [0.25, 0.3) is 5.91 Å². The first-order chi connectivity index (χ1) is 8.97. The number of nitrogens with zero attached hydrogens (tertiary/aromatic N) is 1. The van der Waals surface area contributed by atoms with Crippen LogP contribution < -0.4 is 5.32 Å². The van der Waals surface area contributed by atoms with Gasteiger partial charge in [-0.3, -0.25) is 4.79 Å². The van der Waals surface area contributed by atoms with E-state index in [4.69, 9.17) is 0 Å². The summed E-state index contributed by atoms with van der Waals surface area (Å²) in [5.41, 5.74) is 0.558. The molecule has 1 saturated heterocycles. The average molecular weight is 286 g/mol. The van der Waals surface area contributed by atoms with Crippen LogP contribution in [0.3, 0.4) is 0 Å². The molecule has 1 fully saturated rings. The normalized spacial score (nSPS) is 18.2. The van der Waals surface area contributed by atoms with Gasteiger partial charge in [-0.05, 0) is 25.0 Å². The lowest BCUT2D eigenvalue weighted by Gasteiger charge is -2.29. The Bertz CT molecular complexity index is 539. The molecule has 0 radical (unpaired) electrons. The van der Waals surface area contributed by atoms with Crippen molar-refractivity contribution >= 4 is 16.3 Å². The van der Waals surface area contributed by atoms with Crippen LogP contribution in [0.4, 0.5) is 3.89 Å². The van der Waals surface area contributed by atoms with E-state index >= 15 is 0 Å². The van der Waals surface area contributed by atoms with Crippen molar-refractivity contribution in [1.29, 1.82) is 0 Å². The summed E-state index contributed by atoms with van der Waals surface area (Å²) in [7, 11) is -4.61. The summed E-state index contributed by atoms with van der Waals surface area (Å²) in [6, 6.07) is 8.65. The third kappa shape index (κ3) is 3.74. The fourth-order valence-electron chi connectivity index (χ4n) is 2.08. The third-order valence-corrected chi connectivity index (χ3v) is 4.12. The molecule has 2 rings (SSSR count). The van der Waals surface area contributed by atoms with E-state index in [-0.39, 0.29) is 25.0 Å². The minimum Gasteiger partial charge on any atom is -0.349 e. The van der Waals surface area contributed by atoms with E-state index in [1.165, 1.54) is 0 Å². The zero-order valence-electron chi connectivity index (χ0n) is 10.3. The van der Waals surface area contributed by atoms with E-state index in [0.717, 1.165) is 4.31 Å². The SMILES string of the molecule is O=C(NC1CCN(S(=O)(=O)F)CC1)c1ccccc1. The molecular formula is C12H15FN2O3S. The molecule has 0 atom stereocenters. The number of rotatable bonds is 3. The average Bonchev–Trinajstić information content (AvgIpc) is 2.39. The van der Waals surface area contributed by atoms with Crippen LogP contribution in [-0.4, -0.2) is 37.8 Å². The molecule has 0 aromatic heterocycles. The largest absolute Gasteiger partial charge is 0.374 e. The van der Waals surface area contributed by atoms with Gasteiger partial charge < -0.3 is 5.32 Å². The second-order valence-corrected chi connectivity index (χ2v) is 5.80. The number of piperidine rings is 1. The van der Waals surface area contributed by atoms with Gasteiger partial charge in [-0.25, -0.2) is 0 Å². The molecule has 1 N–H and O–H groups in total. The number of halogens is 1. The lowest BCUT2D eigenvalue weighted by molar-refractivity contribution is 0.0923. The Morgan fingerprint density at radius 1 is 1.21 bits per heavy atom. The highest BCUT2D eigenvalue weighted by atomic mass is 32.3. The lowest BCUT2D eigenvalue weighted by atomic mass is 10.1. The molecule has 0 unspecified atom stereocenters. The van der Waals surface area contributed by atoms with Gasteiger partial charge in [0.2, 0.25) is 0 Å². The van der Waals surface area contributed by atoms with E-state index in [0.29, 0.717) is 18.4 Å². The Kier molecular flexibility index (Phi) is 4.16. The molecule has 1 aromatic rings. The number of hydrogen-bond acceptors (Lipinski definition) is 3. The van der Waals surface area contributed by atoms with Gasteiger partial charge in [0.15, 0.2) is 0 Å². The quantitative estimate of drug-likeness (QED) is 0.846. The van der Waals surface area contributed by atoms with Gasteiger partial charge >= 0.3 is 10.4 Å². The summed E-state index contributed by atoms with van der Waals surface area (Å²) in [4.78, 5) is 11.9. The molecule has 1 amide bonds. The van der Waals surface area contributed by atoms with Crippen molar-refractivity contribution in [3.8, 4) is 0 Å². The van der Waals surface area contributed by atoms with E-state index in [9.17, 15) is 17.1 Å². The van der Waals surface area contributed by atoms with Crippen LogP contribution in [0.2, 0.25) is 0 Å². The first kappa shape index (κ1) is 14.0. The Morgan fingerprint density at radius 2 is 1.79 bits per heavy atom. The van der Waals surface area contributed by atoms with Gasteiger partial charge in [-0.15, -0.1) is 0 Å². The highest BCUT2D eigenvalue weighted by Gasteiger charge is 2.28. The molecule has 0 bridgehead atoms. The lowest BCUT2D eigenvalue weighted by Crippen LogP contribution is -2.45. The van der Waals surface area contributed by atoms with Gasteiger partial charge in [-0.1, -0.05) is 22.1 Å². The standard InChI is InChI=1S/C12H15FN2O3S/c13-19(17,18)15-8-6-11(7-9-15)14-12(16)10-4-2-1-3-5-10/h1-5,11H,6-9H2,(H,14,16). The van der Waals surface area contributed by atoms with Gasteiger partial charge in [0, 0.05) is 24.7 Å². The number of carbonyl (C=O) groups excluding carboxylic acids is 1. The minimum atomic E-state index is -4.61. The fraction of sp³-hybridized carbons (Fsp3) is 0.417. The van der Waals surface area contributed by atoms with Crippen LogP contribution in [0.1, 0.15) is 23.2 Å². The number of benzene rings is 1. The van der Waals surface area contributed by atoms with Crippen LogP contribution in [0.15, 0.2) is 30.3 Å². The highest BCUT2D eigenvalue weighted by molar-refractivity contribution is 7.83. The molecule has 1 aromatic carbocycles. The Hall–Kier alpha value is -1.47. The molecular weight excluding hydrogens is 271 g/mol. The van der Waals surface area contributed by atoms with Crippen molar-refractivity contribution in [2.45, 2.75) is 18.9 Å². The Balaban J connectivity index is 1.88. The van der Waals surface area contributed by atoms with E-state index < -0.39 is 10.4 Å². The monoisotopic (exact) mass is 286 g/mol. The van der Waals surface area contributed by atoms with Crippen LogP contribution in [0.5, 0.6) is 0 Å². The van der Waals surface area contributed by atoms with Crippen molar-refractivity contribution in [2.24, 2.45) is 0 Å². The van der Waals surface area contributed by atoms with Crippen molar-refractivity contribution in [3.05, 3.63) is 35.9 Å². The summed E-state index contributed by atoms with van der Waals surface area (Å²) in [6.45, 7) is 0.192. The number of hydrogen-bond donors (Lipinski definition) is 1. The summed E-state index contributed by atoms with van der Waals surface area (Å²) in [5, 5.41) is 2.82. The maximum absolute atomic E-state index is 12.7. The van der Waals surface area contributed by atoms with Crippen molar-refractivity contribution in [3.63, 3.8) is 0 Å². The predicted molar refractivity (Wildman–Crippen MR) is 68.5 cm³/mol. The van der Waals surface area contributed by atoms with E-state index in [2.05, 4.69) is 5.32 Å². The minimum absolute atomic E-state index is 0.0958. The van der Waals surface area contributed by atoms with Gasteiger partial charge in [-0.2, -0.15) is 12.7 Å². The Labute approximate surface area is 111 Å². The molecule has 1 aliphatic heterocycles. The molecule has 1 aliphatic rings. The third-order valence-electron chi connectivity index (χ3n) is 3.13. The Morgan fingerprint density at radius 3 is 2.32 bits per heavy atom. The summed E-state index contributed by atoms with van der Waals surface area (Å²) in [6.07, 6.45) is 0.837. The number of carbonyl (C=O) groups is 1. The van der Waals surface area contributed by atoms with Crippen LogP contribution in [0, 0.1) is 0 Å². The summed E-state index contributed by atoms with van der Waals surface area (Å²) < 4.78 is 34.9. The fourth-order valence-corrected chi connectivity index (χ4v) is 2.72. The molecule has 0 aliphatic carbocycles. The molecule has 104 valence electrons. The predicted octanol–water partition coefficient (Wildman–Crippen LogP) is 1.10. The van der Waals surface area contributed by atoms with Crippen molar-refractivity contribution in [2.75, 3.05) is 13.1 Å². The van der Waals surface area contributed by atoms with Crippen LogP contribution in [-0.2, 0) is 10.4 Å². The van der Waals surface area contributed by atoms with E-state index in [1.54, 1.807) is 24.3 Å². The maximum atomic E-state index is 12.7. The zero-order chi connectivity index (χ0) is 13.9. The van der Waals surface area contributed by atoms with Crippen LogP contribution in [0.25, 0.3) is 0 Å². The molecule has 1 heterocycles. The smallest absolute Gasteiger partial charge is 0.349 e. The molecule has 0 spiro atoms. The highest BCUT2D eigenvalue weighted by Crippen LogP contribution is 2.15. The van der Waals surface area contributed by atoms with Crippen molar-refractivity contribution < 1.29 is 17.1 Å². The molecule has 19 heavy (non-hydrogen) atoms. The summed E-state index contributed by atoms with van der Waals surface area (Å²) >= 11 is 0. The first-order valence-corrected chi connectivity index (χ1v) is 7.36. The number of nitrogens with one attached hydrogen (secondary N) is 1. The number of amides is 1. The second-order valence-electron chi connectivity index (χ2n) is 4.45. The van der Waals surface area contributed by atoms with Crippen LogP contribution >= 0.6 is 0 Å². The summed E-state index contributed by atoms with van der Waals surface area (Å²) in [5.74, 6) is -0.192.